The van der Waals surface area contributed by atoms with Crippen molar-refractivity contribution in [2.75, 3.05) is 6.61 Å². The molecule has 0 saturated carbocycles. The van der Waals surface area contributed by atoms with Crippen molar-refractivity contribution in [3.63, 3.8) is 0 Å². The lowest BCUT2D eigenvalue weighted by Gasteiger charge is -2.11. The number of rotatable bonds is 9. The Morgan fingerprint density at radius 2 is 1.83 bits per heavy atom. The van der Waals surface area contributed by atoms with E-state index in [1.807, 2.05) is 25.1 Å². The predicted octanol–water partition coefficient (Wildman–Crippen LogP) is 4.76. The maximum absolute atomic E-state index is 5.90. The molecule has 0 spiro atoms. The molecule has 0 saturated heterocycles. The molecule has 23 heavy (non-hydrogen) atoms. The number of hydrogen-bond acceptors (Lipinski definition) is 4. The third-order valence-electron chi connectivity index (χ3n) is 3.76. The highest BCUT2D eigenvalue weighted by Gasteiger charge is 2.11. The molecule has 2 rings (SSSR count). The molecular formula is C19H27N3O. The van der Waals surface area contributed by atoms with E-state index in [0.29, 0.717) is 6.61 Å². The van der Waals surface area contributed by atoms with Crippen LogP contribution in [0.3, 0.4) is 0 Å². The highest BCUT2D eigenvalue weighted by Crippen LogP contribution is 2.27. The van der Waals surface area contributed by atoms with E-state index >= 15 is 0 Å². The summed E-state index contributed by atoms with van der Waals surface area (Å²) < 4.78 is 5.90. The van der Waals surface area contributed by atoms with Crippen LogP contribution >= 0.6 is 0 Å². The number of pyridine rings is 1. The minimum atomic E-state index is 0.711. The first-order chi connectivity index (χ1) is 11.2. The first-order valence-electron chi connectivity index (χ1n) is 8.66. The SMILES string of the molecule is CCCCCc1cc(-c2nc(C)ccc2OCCCC)ncn1. The lowest BCUT2D eigenvalue weighted by atomic mass is 10.1. The van der Waals surface area contributed by atoms with Crippen molar-refractivity contribution in [3.8, 4) is 17.1 Å². The van der Waals surface area contributed by atoms with Crippen molar-refractivity contribution in [1.29, 1.82) is 0 Å². The van der Waals surface area contributed by atoms with E-state index in [0.717, 1.165) is 54.2 Å². The molecule has 0 aliphatic heterocycles. The van der Waals surface area contributed by atoms with Crippen molar-refractivity contribution in [1.82, 2.24) is 15.0 Å². The Hall–Kier alpha value is -1.97. The molecule has 2 aromatic rings. The Bertz CT molecular complexity index is 613. The second-order valence-electron chi connectivity index (χ2n) is 5.85. The average molecular weight is 313 g/mol. The number of aryl methyl sites for hydroxylation is 2. The van der Waals surface area contributed by atoms with Crippen molar-refractivity contribution in [3.05, 3.63) is 35.9 Å². The number of hydrogen-bond donors (Lipinski definition) is 0. The minimum Gasteiger partial charge on any atom is -0.491 e. The zero-order chi connectivity index (χ0) is 16.5. The van der Waals surface area contributed by atoms with Gasteiger partial charge >= 0.3 is 0 Å². The van der Waals surface area contributed by atoms with E-state index < -0.39 is 0 Å². The van der Waals surface area contributed by atoms with Crippen LogP contribution in [0.15, 0.2) is 24.5 Å². The summed E-state index contributed by atoms with van der Waals surface area (Å²) in [4.78, 5) is 13.4. The summed E-state index contributed by atoms with van der Waals surface area (Å²) in [5.74, 6) is 0.808. The number of aromatic nitrogens is 3. The second-order valence-corrected chi connectivity index (χ2v) is 5.85. The Morgan fingerprint density at radius 1 is 1.00 bits per heavy atom. The van der Waals surface area contributed by atoms with Gasteiger partial charge in [-0.1, -0.05) is 33.1 Å². The molecular weight excluding hydrogens is 286 g/mol. The van der Waals surface area contributed by atoms with Crippen molar-refractivity contribution < 1.29 is 4.74 Å². The van der Waals surface area contributed by atoms with Gasteiger partial charge in [-0.25, -0.2) is 15.0 Å². The minimum absolute atomic E-state index is 0.711. The fourth-order valence-electron chi connectivity index (χ4n) is 2.39. The number of ether oxygens (including phenoxy) is 1. The zero-order valence-electron chi connectivity index (χ0n) is 14.5. The molecule has 0 aliphatic carbocycles. The van der Waals surface area contributed by atoms with Crippen LogP contribution in [-0.2, 0) is 6.42 Å². The molecule has 0 aliphatic rings. The monoisotopic (exact) mass is 313 g/mol. The molecule has 0 fully saturated rings. The largest absolute Gasteiger partial charge is 0.491 e. The van der Waals surface area contributed by atoms with Gasteiger partial charge in [0.1, 0.15) is 17.8 Å². The van der Waals surface area contributed by atoms with Crippen molar-refractivity contribution in [2.24, 2.45) is 0 Å². The van der Waals surface area contributed by atoms with Gasteiger partial charge in [0.25, 0.3) is 0 Å². The first-order valence-corrected chi connectivity index (χ1v) is 8.66. The van der Waals surface area contributed by atoms with Crippen LogP contribution in [0.2, 0.25) is 0 Å². The van der Waals surface area contributed by atoms with Gasteiger partial charge in [0.2, 0.25) is 0 Å². The molecule has 2 aromatic heterocycles. The van der Waals surface area contributed by atoms with Crippen molar-refractivity contribution in [2.45, 2.75) is 59.3 Å². The number of nitrogens with zero attached hydrogens (tertiary/aromatic N) is 3. The van der Waals surface area contributed by atoms with Gasteiger partial charge in [0.15, 0.2) is 0 Å². The highest BCUT2D eigenvalue weighted by atomic mass is 16.5. The van der Waals surface area contributed by atoms with E-state index in [1.54, 1.807) is 6.33 Å². The van der Waals surface area contributed by atoms with Crippen LogP contribution in [0.25, 0.3) is 11.4 Å². The summed E-state index contributed by atoms with van der Waals surface area (Å²) in [6.45, 7) is 7.07. The van der Waals surface area contributed by atoms with Crippen molar-refractivity contribution >= 4 is 0 Å². The maximum Gasteiger partial charge on any atom is 0.147 e. The third kappa shape index (κ3) is 5.31. The van der Waals surface area contributed by atoms with Gasteiger partial charge in [-0.2, -0.15) is 0 Å². The fourth-order valence-corrected chi connectivity index (χ4v) is 2.39. The fraction of sp³-hybridized carbons (Fsp3) is 0.526. The van der Waals surface area contributed by atoms with Crippen LogP contribution in [0.4, 0.5) is 0 Å². The van der Waals surface area contributed by atoms with Gasteiger partial charge in [-0.05, 0) is 44.4 Å². The lowest BCUT2D eigenvalue weighted by molar-refractivity contribution is 0.309. The highest BCUT2D eigenvalue weighted by molar-refractivity contribution is 5.62. The molecule has 0 N–H and O–H groups in total. The van der Waals surface area contributed by atoms with E-state index in [-0.39, 0.29) is 0 Å². The Labute approximate surface area is 139 Å². The molecule has 124 valence electrons. The van der Waals surface area contributed by atoms with Crippen LogP contribution in [0.1, 0.15) is 57.3 Å². The summed E-state index contributed by atoms with van der Waals surface area (Å²) in [6, 6.07) is 6.02. The van der Waals surface area contributed by atoms with Gasteiger partial charge in [-0.3, -0.25) is 0 Å². The van der Waals surface area contributed by atoms with Gasteiger partial charge in [0, 0.05) is 11.4 Å². The topological polar surface area (TPSA) is 47.9 Å². The summed E-state index contributed by atoms with van der Waals surface area (Å²) in [5, 5.41) is 0. The molecule has 0 radical (unpaired) electrons. The first kappa shape index (κ1) is 17.4. The van der Waals surface area contributed by atoms with E-state index in [1.165, 1.54) is 12.8 Å². The summed E-state index contributed by atoms with van der Waals surface area (Å²) in [5.41, 5.74) is 3.71. The molecule has 0 bridgehead atoms. The number of unbranched alkanes of at least 4 members (excludes halogenated alkanes) is 3. The Kier molecular flexibility index (Phi) is 6.98. The molecule has 0 unspecified atom stereocenters. The van der Waals surface area contributed by atoms with Crippen LogP contribution < -0.4 is 4.74 Å². The summed E-state index contributed by atoms with van der Waals surface area (Å²) in [7, 11) is 0. The Balaban J connectivity index is 2.22. The quantitative estimate of drug-likeness (QED) is 0.626. The van der Waals surface area contributed by atoms with E-state index in [9.17, 15) is 0 Å². The normalized spacial score (nSPS) is 10.7. The van der Waals surface area contributed by atoms with Crippen LogP contribution in [-0.4, -0.2) is 21.6 Å². The molecule has 0 amide bonds. The lowest BCUT2D eigenvalue weighted by Crippen LogP contribution is -2.02. The van der Waals surface area contributed by atoms with Crippen LogP contribution in [0.5, 0.6) is 5.75 Å². The zero-order valence-corrected chi connectivity index (χ0v) is 14.5. The molecule has 4 nitrogen and oxygen atoms in total. The van der Waals surface area contributed by atoms with Gasteiger partial charge < -0.3 is 4.74 Å². The summed E-state index contributed by atoms with van der Waals surface area (Å²) in [6.07, 6.45) is 8.38. The second kappa shape index (κ2) is 9.23. The molecule has 4 heteroatoms. The third-order valence-corrected chi connectivity index (χ3v) is 3.76. The molecule has 2 heterocycles. The predicted molar refractivity (Wildman–Crippen MR) is 93.6 cm³/mol. The van der Waals surface area contributed by atoms with Gasteiger partial charge in [-0.15, -0.1) is 0 Å². The maximum atomic E-state index is 5.90. The standard InChI is InChI=1S/C19H27N3O/c1-4-6-8-9-16-13-17(21-14-20-16)19-18(23-12-7-5-2)11-10-15(3)22-19/h10-11,13-14H,4-9,12H2,1-3H3. The molecule has 0 aromatic carbocycles. The van der Waals surface area contributed by atoms with Gasteiger partial charge in [0.05, 0.1) is 12.3 Å². The smallest absolute Gasteiger partial charge is 0.147 e. The van der Waals surface area contributed by atoms with Crippen LogP contribution in [0, 0.1) is 6.92 Å². The molecule has 0 atom stereocenters. The summed E-state index contributed by atoms with van der Waals surface area (Å²) >= 11 is 0. The van der Waals surface area contributed by atoms with E-state index in [4.69, 9.17) is 4.74 Å². The van der Waals surface area contributed by atoms with E-state index in [2.05, 4.69) is 28.8 Å². The average Bonchev–Trinajstić information content (AvgIpc) is 2.57. The Morgan fingerprint density at radius 3 is 2.61 bits per heavy atom.